The van der Waals surface area contributed by atoms with Gasteiger partial charge in [-0.05, 0) is 47.7 Å². The van der Waals surface area contributed by atoms with Gasteiger partial charge in [0.1, 0.15) is 6.10 Å². The van der Waals surface area contributed by atoms with E-state index in [0.717, 1.165) is 24.0 Å². The predicted molar refractivity (Wildman–Crippen MR) is 109 cm³/mol. The zero-order chi connectivity index (χ0) is 20.1. The molecule has 1 aliphatic rings. The third kappa shape index (κ3) is 4.34. The lowest BCUT2D eigenvalue weighted by Gasteiger charge is -2.18. The van der Waals surface area contributed by atoms with Crippen LogP contribution in [0.15, 0.2) is 59.5 Å². The molecule has 3 rings (SSSR count). The molecule has 1 aliphatic carbocycles. The predicted octanol–water partition coefficient (Wildman–Crippen LogP) is 3.96. The highest BCUT2D eigenvalue weighted by atomic mass is 32.2. The molecule has 0 unspecified atom stereocenters. The third-order valence-corrected chi connectivity index (χ3v) is 7.04. The summed E-state index contributed by atoms with van der Waals surface area (Å²) in [5, 5.41) is 0. The molecule has 0 aromatic heterocycles. The standard InChI is InChI=1S/C22H25NO4S/c1-3-23(4-2)28(25,26)19-13-9-17(10-14-19)11-16-22(24)27-21-15-12-18-7-5-6-8-20(18)21/h5-11,13-14,16,21H,3-4,12,15H2,1-2H3/b16-11+/t21-/m0/s1. The molecule has 0 radical (unpaired) electrons. The van der Waals surface area contributed by atoms with Gasteiger partial charge in [-0.1, -0.05) is 50.2 Å². The van der Waals surface area contributed by atoms with Gasteiger partial charge >= 0.3 is 5.97 Å². The zero-order valence-electron chi connectivity index (χ0n) is 16.2. The van der Waals surface area contributed by atoms with Gasteiger partial charge < -0.3 is 4.74 Å². The van der Waals surface area contributed by atoms with E-state index in [1.807, 2.05) is 32.0 Å². The second-order valence-corrected chi connectivity index (χ2v) is 8.59. The molecule has 6 heteroatoms. The van der Waals surface area contributed by atoms with Crippen molar-refractivity contribution in [2.75, 3.05) is 13.1 Å². The van der Waals surface area contributed by atoms with Gasteiger partial charge in [0.05, 0.1) is 4.90 Å². The fraction of sp³-hybridized carbons (Fsp3) is 0.318. The average molecular weight is 400 g/mol. The fourth-order valence-corrected chi connectivity index (χ4v) is 4.91. The molecule has 2 aromatic carbocycles. The number of fused-ring (bicyclic) bond motifs is 1. The van der Waals surface area contributed by atoms with Crippen molar-refractivity contribution >= 4 is 22.1 Å². The maximum Gasteiger partial charge on any atom is 0.331 e. The lowest BCUT2D eigenvalue weighted by atomic mass is 10.1. The Balaban J connectivity index is 1.64. The Morgan fingerprint density at radius 3 is 2.46 bits per heavy atom. The molecule has 0 bridgehead atoms. The van der Waals surface area contributed by atoms with Gasteiger partial charge in [0.2, 0.25) is 10.0 Å². The second-order valence-electron chi connectivity index (χ2n) is 6.65. The van der Waals surface area contributed by atoms with Crippen molar-refractivity contribution in [2.24, 2.45) is 0 Å². The van der Waals surface area contributed by atoms with Crippen molar-refractivity contribution < 1.29 is 17.9 Å². The number of aryl methyl sites for hydroxylation is 1. The summed E-state index contributed by atoms with van der Waals surface area (Å²) in [6, 6.07) is 14.5. The van der Waals surface area contributed by atoms with Crippen molar-refractivity contribution in [2.45, 2.75) is 37.7 Å². The minimum Gasteiger partial charge on any atom is -0.454 e. The monoisotopic (exact) mass is 399 g/mol. The first-order chi connectivity index (χ1) is 13.5. The molecule has 148 valence electrons. The van der Waals surface area contributed by atoms with Crippen molar-refractivity contribution in [1.82, 2.24) is 4.31 Å². The smallest absolute Gasteiger partial charge is 0.331 e. The summed E-state index contributed by atoms with van der Waals surface area (Å²) < 4.78 is 32.0. The summed E-state index contributed by atoms with van der Waals surface area (Å²) in [5.74, 6) is -0.401. The largest absolute Gasteiger partial charge is 0.454 e. The van der Waals surface area contributed by atoms with Crippen LogP contribution < -0.4 is 0 Å². The summed E-state index contributed by atoms with van der Waals surface area (Å²) in [6.45, 7) is 4.48. The topological polar surface area (TPSA) is 63.7 Å². The molecule has 0 saturated heterocycles. The van der Waals surface area contributed by atoms with Crippen LogP contribution in [0.3, 0.4) is 0 Å². The quantitative estimate of drug-likeness (QED) is 0.522. The van der Waals surface area contributed by atoms with Crippen LogP contribution in [0.1, 0.15) is 43.1 Å². The Hall–Kier alpha value is -2.44. The maximum atomic E-state index is 12.5. The molecule has 0 saturated carbocycles. The Morgan fingerprint density at radius 2 is 1.79 bits per heavy atom. The van der Waals surface area contributed by atoms with Crippen LogP contribution in [-0.2, 0) is 26.0 Å². The Kier molecular flexibility index (Phi) is 6.31. The van der Waals surface area contributed by atoms with Gasteiger partial charge in [0.15, 0.2) is 0 Å². The van der Waals surface area contributed by atoms with E-state index in [-0.39, 0.29) is 11.0 Å². The van der Waals surface area contributed by atoms with Crippen molar-refractivity contribution in [1.29, 1.82) is 0 Å². The molecule has 28 heavy (non-hydrogen) atoms. The van der Waals surface area contributed by atoms with Gasteiger partial charge in [0.25, 0.3) is 0 Å². The molecule has 5 nitrogen and oxygen atoms in total. The highest BCUT2D eigenvalue weighted by Gasteiger charge is 2.24. The van der Waals surface area contributed by atoms with E-state index in [0.29, 0.717) is 13.1 Å². The highest BCUT2D eigenvalue weighted by molar-refractivity contribution is 7.89. The van der Waals surface area contributed by atoms with E-state index in [4.69, 9.17) is 4.74 Å². The second kappa shape index (κ2) is 8.71. The summed E-state index contributed by atoms with van der Waals surface area (Å²) in [5.41, 5.74) is 3.05. The van der Waals surface area contributed by atoms with E-state index in [9.17, 15) is 13.2 Å². The minimum absolute atomic E-state index is 0.199. The first kappa shape index (κ1) is 20.3. The van der Waals surface area contributed by atoms with Crippen LogP contribution in [0.25, 0.3) is 6.08 Å². The lowest BCUT2D eigenvalue weighted by Crippen LogP contribution is -2.30. The minimum atomic E-state index is -3.48. The Bertz CT molecular complexity index is 960. The van der Waals surface area contributed by atoms with E-state index in [2.05, 4.69) is 6.07 Å². The van der Waals surface area contributed by atoms with E-state index >= 15 is 0 Å². The number of hydrogen-bond donors (Lipinski definition) is 0. The number of rotatable bonds is 7. The number of ether oxygens (including phenoxy) is 1. The van der Waals surface area contributed by atoms with Crippen molar-refractivity contribution in [3.05, 3.63) is 71.3 Å². The lowest BCUT2D eigenvalue weighted by molar-refractivity contribution is -0.143. The van der Waals surface area contributed by atoms with Crippen molar-refractivity contribution in [3.8, 4) is 0 Å². The molecule has 0 spiro atoms. The number of carbonyl (C=O) groups excluding carboxylic acids is 1. The number of esters is 1. The SMILES string of the molecule is CCN(CC)S(=O)(=O)c1ccc(/C=C/C(=O)O[C@H]2CCc3ccccc32)cc1. The van der Waals surface area contributed by atoms with Crippen LogP contribution in [0.4, 0.5) is 0 Å². The van der Waals surface area contributed by atoms with E-state index < -0.39 is 16.0 Å². The maximum absolute atomic E-state index is 12.5. The normalized spacial score (nSPS) is 16.5. The van der Waals surface area contributed by atoms with Crippen molar-refractivity contribution in [3.63, 3.8) is 0 Å². The van der Waals surface area contributed by atoms with Crippen LogP contribution in [-0.4, -0.2) is 31.8 Å². The zero-order valence-corrected chi connectivity index (χ0v) is 17.0. The number of nitrogens with zero attached hydrogens (tertiary/aromatic N) is 1. The number of sulfonamides is 1. The number of hydrogen-bond acceptors (Lipinski definition) is 4. The van der Waals surface area contributed by atoms with Gasteiger partial charge in [-0.3, -0.25) is 0 Å². The first-order valence-corrected chi connectivity index (χ1v) is 11.0. The summed E-state index contributed by atoms with van der Waals surface area (Å²) >= 11 is 0. The van der Waals surface area contributed by atoms with E-state index in [1.54, 1.807) is 30.3 Å². The fourth-order valence-electron chi connectivity index (χ4n) is 3.45. The molecule has 1 atom stereocenters. The molecule has 0 heterocycles. The van der Waals surface area contributed by atoms with Crippen LogP contribution >= 0.6 is 0 Å². The molecular formula is C22H25NO4S. The molecule has 2 aromatic rings. The summed E-state index contributed by atoms with van der Waals surface area (Å²) in [4.78, 5) is 12.4. The number of carbonyl (C=O) groups is 1. The Morgan fingerprint density at radius 1 is 1.11 bits per heavy atom. The molecule has 0 amide bonds. The summed E-state index contributed by atoms with van der Waals surface area (Å²) in [7, 11) is -3.48. The van der Waals surface area contributed by atoms with Gasteiger partial charge in [-0.15, -0.1) is 0 Å². The molecule has 0 aliphatic heterocycles. The molecular weight excluding hydrogens is 374 g/mol. The first-order valence-electron chi connectivity index (χ1n) is 9.52. The van der Waals surface area contributed by atoms with Crippen LogP contribution in [0, 0.1) is 0 Å². The van der Waals surface area contributed by atoms with Crippen LogP contribution in [0.5, 0.6) is 0 Å². The van der Waals surface area contributed by atoms with Gasteiger partial charge in [-0.25, -0.2) is 13.2 Å². The Labute approximate surface area is 166 Å². The van der Waals surface area contributed by atoms with Gasteiger partial charge in [-0.2, -0.15) is 4.31 Å². The molecule has 0 N–H and O–H groups in total. The number of benzene rings is 2. The third-order valence-electron chi connectivity index (χ3n) is 4.97. The molecule has 0 fully saturated rings. The van der Waals surface area contributed by atoms with E-state index in [1.165, 1.54) is 15.9 Å². The summed E-state index contributed by atoms with van der Waals surface area (Å²) in [6.07, 6.45) is 4.54. The van der Waals surface area contributed by atoms with Gasteiger partial charge in [0, 0.05) is 19.2 Å². The highest BCUT2D eigenvalue weighted by Crippen LogP contribution is 2.33. The average Bonchev–Trinajstić information content (AvgIpc) is 3.10. The van der Waals surface area contributed by atoms with Crippen LogP contribution in [0.2, 0.25) is 0 Å².